The Hall–Kier alpha value is -1.08. The second kappa shape index (κ2) is 2.76. The molecule has 7 heteroatoms. The molecule has 0 saturated heterocycles. The lowest BCUT2D eigenvalue weighted by atomic mass is 10.6. The van der Waals surface area contributed by atoms with Crippen molar-refractivity contribution in [3.05, 3.63) is 6.20 Å². The molecular weight excluding hydrogens is 180 g/mol. The minimum Gasteiger partial charge on any atom is -0.383 e. The van der Waals surface area contributed by atoms with E-state index in [1.165, 1.54) is 4.68 Å². The van der Waals surface area contributed by atoms with Crippen LogP contribution < -0.4 is 10.9 Å². The molecule has 6 nitrogen and oxygen atoms in total. The Morgan fingerprint density at radius 1 is 1.67 bits per heavy atom. The van der Waals surface area contributed by atoms with Gasteiger partial charge in [0.1, 0.15) is 10.7 Å². The molecule has 0 amide bonds. The van der Waals surface area contributed by atoms with Crippen molar-refractivity contribution in [3.63, 3.8) is 0 Å². The summed E-state index contributed by atoms with van der Waals surface area (Å²) in [6, 6.07) is 0. The van der Waals surface area contributed by atoms with Crippen molar-refractivity contribution < 1.29 is 8.42 Å². The molecule has 0 aliphatic carbocycles. The lowest BCUT2D eigenvalue weighted by molar-refractivity contribution is 0.598. The number of aromatic nitrogens is 2. The standard InChI is InChI=1S/C5H10N4O2S/c1-2-9-5(6)4(3-8-9)12(7,10)11/h3H,2,6H2,1H3,(H2,7,10,11). The van der Waals surface area contributed by atoms with Crippen LogP contribution in [0.3, 0.4) is 0 Å². The molecule has 0 radical (unpaired) electrons. The zero-order chi connectivity index (χ0) is 9.35. The van der Waals surface area contributed by atoms with Crippen molar-refractivity contribution in [1.29, 1.82) is 0 Å². The third kappa shape index (κ3) is 1.41. The summed E-state index contributed by atoms with van der Waals surface area (Å²) >= 11 is 0. The van der Waals surface area contributed by atoms with Crippen LogP contribution in [0.2, 0.25) is 0 Å². The molecule has 1 rings (SSSR count). The van der Waals surface area contributed by atoms with Gasteiger partial charge in [-0.15, -0.1) is 0 Å². The quantitative estimate of drug-likeness (QED) is 0.632. The van der Waals surface area contributed by atoms with Crippen LogP contribution in [-0.2, 0) is 16.6 Å². The first-order chi connectivity index (χ1) is 5.46. The van der Waals surface area contributed by atoms with E-state index in [1.54, 1.807) is 6.92 Å². The largest absolute Gasteiger partial charge is 0.383 e. The van der Waals surface area contributed by atoms with Gasteiger partial charge < -0.3 is 5.73 Å². The number of sulfonamides is 1. The molecule has 0 atom stereocenters. The maximum Gasteiger partial charge on any atom is 0.243 e. The Morgan fingerprint density at radius 3 is 2.50 bits per heavy atom. The molecule has 12 heavy (non-hydrogen) atoms. The monoisotopic (exact) mass is 190 g/mol. The van der Waals surface area contributed by atoms with Gasteiger partial charge in [-0.05, 0) is 6.92 Å². The Bertz CT molecular complexity index is 380. The summed E-state index contributed by atoms with van der Waals surface area (Å²) in [5.41, 5.74) is 5.44. The van der Waals surface area contributed by atoms with Gasteiger partial charge in [-0.25, -0.2) is 18.2 Å². The number of nitrogens with two attached hydrogens (primary N) is 2. The minimum atomic E-state index is -3.73. The van der Waals surface area contributed by atoms with Crippen LogP contribution in [0.5, 0.6) is 0 Å². The molecule has 0 aliphatic heterocycles. The van der Waals surface area contributed by atoms with Gasteiger partial charge in [0, 0.05) is 6.54 Å². The molecule has 0 spiro atoms. The molecule has 1 aromatic rings. The average Bonchev–Trinajstić information content (AvgIpc) is 2.29. The molecule has 0 saturated carbocycles. The fourth-order valence-electron chi connectivity index (χ4n) is 0.849. The second-order valence-corrected chi connectivity index (χ2v) is 3.78. The van der Waals surface area contributed by atoms with Crippen molar-refractivity contribution in [2.24, 2.45) is 5.14 Å². The molecule has 0 aliphatic rings. The van der Waals surface area contributed by atoms with Crippen molar-refractivity contribution in [3.8, 4) is 0 Å². The Kier molecular flexibility index (Phi) is 2.07. The molecule has 4 N–H and O–H groups in total. The molecule has 0 unspecified atom stereocenters. The maximum atomic E-state index is 10.8. The topological polar surface area (TPSA) is 104 Å². The van der Waals surface area contributed by atoms with E-state index in [0.29, 0.717) is 6.54 Å². The lowest BCUT2D eigenvalue weighted by Crippen LogP contribution is -2.14. The molecule has 0 fully saturated rings. The van der Waals surface area contributed by atoms with E-state index < -0.39 is 10.0 Å². The van der Waals surface area contributed by atoms with Crippen molar-refractivity contribution in [2.75, 3.05) is 5.73 Å². The van der Waals surface area contributed by atoms with E-state index in [2.05, 4.69) is 5.10 Å². The smallest absolute Gasteiger partial charge is 0.243 e. The predicted molar refractivity (Wildman–Crippen MR) is 43.7 cm³/mol. The summed E-state index contributed by atoms with van der Waals surface area (Å²) in [6.45, 7) is 2.32. The Balaban J connectivity index is 3.30. The van der Waals surface area contributed by atoms with E-state index in [4.69, 9.17) is 10.9 Å². The Labute approximate surface area is 70.2 Å². The number of hydrogen-bond donors (Lipinski definition) is 2. The van der Waals surface area contributed by atoms with Gasteiger partial charge in [0.25, 0.3) is 0 Å². The number of nitrogen functional groups attached to an aromatic ring is 1. The molecule has 1 aromatic heterocycles. The number of rotatable bonds is 2. The predicted octanol–water partition coefficient (Wildman–Crippen LogP) is -0.867. The number of nitrogens with zero attached hydrogens (tertiary/aromatic N) is 2. The van der Waals surface area contributed by atoms with Crippen molar-refractivity contribution >= 4 is 15.8 Å². The molecular formula is C5H10N4O2S. The van der Waals surface area contributed by atoms with Gasteiger partial charge in [0.2, 0.25) is 10.0 Å². The summed E-state index contributed by atoms with van der Waals surface area (Å²) in [4.78, 5) is -0.121. The highest BCUT2D eigenvalue weighted by molar-refractivity contribution is 7.89. The van der Waals surface area contributed by atoms with Crippen molar-refractivity contribution in [2.45, 2.75) is 18.4 Å². The zero-order valence-corrected chi connectivity index (χ0v) is 7.37. The van der Waals surface area contributed by atoms with E-state index in [1.807, 2.05) is 0 Å². The second-order valence-electron chi connectivity index (χ2n) is 2.25. The average molecular weight is 190 g/mol. The van der Waals surface area contributed by atoms with E-state index >= 15 is 0 Å². The number of primary sulfonamides is 1. The van der Waals surface area contributed by atoms with Gasteiger partial charge >= 0.3 is 0 Å². The van der Waals surface area contributed by atoms with Crippen molar-refractivity contribution in [1.82, 2.24) is 9.78 Å². The van der Waals surface area contributed by atoms with Crippen LogP contribution >= 0.6 is 0 Å². The van der Waals surface area contributed by atoms with Crippen LogP contribution in [0, 0.1) is 0 Å². The summed E-state index contributed by atoms with van der Waals surface area (Å²) in [6.07, 6.45) is 1.15. The highest BCUT2D eigenvalue weighted by Gasteiger charge is 2.16. The first kappa shape index (κ1) is 9.01. The highest BCUT2D eigenvalue weighted by atomic mass is 32.2. The number of anilines is 1. The fraction of sp³-hybridized carbons (Fsp3) is 0.400. The fourth-order valence-corrected chi connectivity index (χ4v) is 1.44. The molecule has 0 aromatic carbocycles. The molecule has 0 bridgehead atoms. The van der Waals surface area contributed by atoms with Crippen LogP contribution in [0.4, 0.5) is 5.82 Å². The third-order valence-corrected chi connectivity index (χ3v) is 2.38. The number of hydrogen-bond acceptors (Lipinski definition) is 4. The lowest BCUT2D eigenvalue weighted by Gasteiger charge is -1.99. The maximum absolute atomic E-state index is 10.8. The number of aryl methyl sites for hydroxylation is 1. The molecule has 68 valence electrons. The SMILES string of the molecule is CCn1ncc(S(N)(=O)=O)c1N. The minimum absolute atomic E-state index is 0.0833. The van der Waals surface area contributed by atoms with Crippen LogP contribution in [-0.4, -0.2) is 18.2 Å². The first-order valence-electron chi connectivity index (χ1n) is 3.31. The first-order valence-corrected chi connectivity index (χ1v) is 4.85. The summed E-state index contributed by atoms with van der Waals surface area (Å²) < 4.78 is 23.0. The summed E-state index contributed by atoms with van der Waals surface area (Å²) in [5, 5.41) is 8.60. The molecule has 1 heterocycles. The van der Waals surface area contributed by atoms with E-state index in [9.17, 15) is 8.42 Å². The van der Waals surface area contributed by atoms with Gasteiger partial charge in [-0.1, -0.05) is 0 Å². The van der Waals surface area contributed by atoms with Crippen LogP contribution in [0.15, 0.2) is 11.1 Å². The van der Waals surface area contributed by atoms with E-state index in [0.717, 1.165) is 6.20 Å². The van der Waals surface area contributed by atoms with Crippen LogP contribution in [0.25, 0.3) is 0 Å². The van der Waals surface area contributed by atoms with Gasteiger partial charge in [-0.3, -0.25) is 0 Å². The highest BCUT2D eigenvalue weighted by Crippen LogP contribution is 2.14. The summed E-state index contributed by atoms with van der Waals surface area (Å²) in [7, 11) is -3.73. The Morgan fingerprint density at radius 2 is 2.25 bits per heavy atom. The summed E-state index contributed by atoms with van der Waals surface area (Å²) in [5.74, 6) is 0.0833. The van der Waals surface area contributed by atoms with Gasteiger partial charge in [-0.2, -0.15) is 5.10 Å². The van der Waals surface area contributed by atoms with E-state index in [-0.39, 0.29) is 10.7 Å². The normalized spacial score (nSPS) is 11.8. The third-order valence-electron chi connectivity index (χ3n) is 1.45. The van der Waals surface area contributed by atoms with Gasteiger partial charge in [0.05, 0.1) is 6.20 Å². The zero-order valence-electron chi connectivity index (χ0n) is 6.56. The van der Waals surface area contributed by atoms with Gasteiger partial charge in [0.15, 0.2) is 0 Å². The van der Waals surface area contributed by atoms with Crippen LogP contribution in [0.1, 0.15) is 6.92 Å².